The SMILES string of the molecule is CC(C)([C@H]1CCCN1)[C@H]1CCCO1. The molecule has 2 aliphatic heterocycles. The highest BCUT2D eigenvalue weighted by atomic mass is 16.5. The van der Waals surface area contributed by atoms with E-state index in [1.165, 1.54) is 32.2 Å². The zero-order valence-corrected chi connectivity index (χ0v) is 8.81. The minimum atomic E-state index is 0.326. The average molecular weight is 183 g/mol. The Morgan fingerprint density at radius 1 is 1.23 bits per heavy atom. The van der Waals surface area contributed by atoms with Gasteiger partial charge in [0.25, 0.3) is 0 Å². The number of hydrogen-bond donors (Lipinski definition) is 1. The molecular formula is C11H21NO. The summed E-state index contributed by atoms with van der Waals surface area (Å²) < 4.78 is 5.79. The van der Waals surface area contributed by atoms with E-state index < -0.39 is 0 Å². The zero-order valence-electron chi connectivity index (χ0n) is 8.81. The summed E-state index contributed by atoms with van der Waals surface area (Å²) >= 11 is 0. The Morgan fingerprint density at radius 2 is 2.08 bits per heavy atom. The van der Waals surface area contributed by atoms with E-state index in [-0.39, 0.29) is 0 Å². The summed E-state index contributed by atoms with van der Waals surface area (Å²) in [6.45, 7) is 6.87. The standard InChI is InChI=1S/C11H21NO/c1-11(2,9-5-3-7-12-9)10-6-4-8-13-10/h9-10,12H,3-8H2,1-2H3/t9-,10-/m1/s1. The second-order valence-electron chi connectivity index (χ2n) is 4.97. The molecule has 0 unspecified atom stereocenters. The maximum atomic E-state index is 5.79. The van der Waals surface area contributed by atoms with Crippen molar-refractivity contribution in [2.75, 3.05) is 13.2 Å². The molecule has 0 bridgehead atoms. The van der Waals surface area contributed by atoms with Crippen LogP contribution in [0.3, 0.4) is 0 Å². The van der Waals surface area contributed by atoms with Gasteiger partial charge in [-0.2, -0.15) is 0 Å². The van der Waals surface area contributed by atoms with Gasteiger partial charge in [0.15, 0.2) is 0 Å². The van der Waals surface area contributed by atoms with Crippen LogP contribution in [0.4, 0.5) is 0 Å². The van der Waals surface area contributed by atoms with Crippen molar-refractivity contribution < 1.29 is 4.74 Å². The van der Waals surface area contributed by atoms with Crippen molar-refractivity contribution in [2.45, 2.75) is 51.7 Å². The molecule has 2 atom stereocenters. The summed E-state index contributed by atoms with van der Waals surface area (Å²) in [5.74, 6) is 0. The van der Waals surface area contributed by atoms with Crippen LogP contribution in [-0.2, 0) is 4.74 Å². The second kappa shape index (κ2) is 3.58. The number of rotatable bonds is 2. The summed E-state index contributed by atoms with van der Waals surface area (Å²) in [6, 6.07) is 0.676. The van der Waals surface area contributed by atoms with E-state index in [9.17, 15) is 0 Å². The van der Waals surface area contributed by atoms with Crippen LogP contribution in [0, 0.1) is 5.41 Å². The highest BCUT2D eigenvalue weighted by Gasteiger charge is 2.40. The van der Waals surface area contributed by atoms with Gasteiger partial charge >= 0.3 is 0 Å². The third kappa shape index (κ3) is 1.75. The number of hydrogen-bond acceptors (Lipinski definition) is 2. The average Bonchev–Trinajstić information content (AvgIpc) is 2.78. The van der Waals surface area contributed by atoms with Crippen molar-refractivity contribution in [1.29, 1.82) is 0 Å². The van der Waals surface area contributed by atoms with Crippen molar-refractivity contribution in [3.05, 3.63) is 0 Å². The molecule has 2 heterocycles. The molecule has 0 saturated carbocycles. The van der Waals surface area contributed by atoms with E-state index in [1.807, 2.05) is 0 Å². The fourth-order valence-corrected chi connectivity index (χ4v) is 2.71. The molecule has 0 aromatic heterocycles. The van der Waals surface area contributed by atoms with Gasteiger partial charge in [0.05, 0.1) is 6.10 Å². The summed E-state index contributed by atoms with van der Waals surface area (Å²) in [7, 11) is 0. The Hall–Kier alpha value is -0.0800. The molecule has 0 spiro atoms. The molecule has 76 valence electrons. The Labute approximate surface area is 81.0 Å². The molecule has 2 rings (SSSR count). The molecule has 2 fully saturated rings. The molecule has 0 aromatic rings. The first-order valence-electron chi connectivity index (χ1n) is 5.56. The van der Waals surface area contributed by atoms with Crippen molar-refractivity contribution >= 4 is 0 Å². The predicted octanol–water partition coefficient (Wildman–Crippen LogP) is 1.94. The molecule has 0 aliphatic carbocycles. The van der Waals surface area contributed by atoms with Crippen LogP contribution in [0.5, 0.6) is 0 Å². The first-order chi connectivity index (χ1) is 6.21. The molecule has 2 heteroatoms. The van der Waals surface area contributed by atoms with Crippen LogP contribution in [0.2, 0.25) is 0 Å². The van der Waals surface area contributed by atoms with E-state index >= 15 is 0 Å². The van der Waals surface area contributed by atoms with Gasteiger partial charge in [-0.25, -0.2) is 0 Å². The quantitative estimate of drug-likeness (QED) is 0.706. The van der Waals surface area contributed by atoms with Gasteiger partial charge in [-0.15, -0.1) is 0 Å². The van der Waals surface area contributed by atoms with E-state index in [1.54, 1.807) is 0 Å². The van der Waals surface area contributed by atoms with E-state index in [0.29, 0.717) is 17.6 Å². The first kappa shape index (κ1) is 9.47. The lowest BCUT2D eigenvalue weighted by molar-refractivity contribution is 0.000901. The number of ether oxygens (including phenoxy) is 1. The van der Waals surface area contributed by atoms with Crippen LogP contribution in [0.25, 0.3) is 0 Å². The lowest BCUT2D eigenvalue weighted by atomic mass is 9.77. The topological polar surface area (TPSA) is 21.3 Å². The second-order valence-corrected chi connectivity index (χ2v) is 4.97. The van der Waals surface area contributed by atoms with E-state index in [2.05, 4.69) is 19.2 Å². The van der Waals surface area contributed by atoms with Gasteiger partial charge in [0.1, 0.15) is 0 Å². The highest BCUT2D eigenvalue weighted by Crippen LogP contribution is 2.36. The minimum absolute atomic E-state index is 0.326. The molecule has 2 nitrogen and oxygen atoms in total. The Kier molecular flexibility index (Phi) is 2.61. The molecule has 0 radical (unpaired) electrons. The summed E-state index contributed by atoms with van der Waals surface area (Å²) in [4.78, 5) is 0. The number of nitrogens with one attached hydrogen (secondary N) is 1. The maximum Gasteiger partial charge on any atom is 0.0641 e. The zero-order chi connectivity index (χ0) is 9.31. The van der Waals surface area contributed by atoms with Gasteiger partial charge in [0.2, 0.25) is 0 Å². The monoisotopic (exact) mass is 183 g/mol. The molecule has 0 amide bonds. The van der Waals surface area contributed by atoms with Crippen molar-refractivity contribution in [3.63, 3.8) is 0 Å². The fraction of sp³-hybridized carbons (Fsp3) is 1.00. The lowest BCUT2D eigenvalue weighted by Crippen LogP contribution is -2.45. The molecule has 1 N–H and O–H groups in total. The smallest absolute Gasteiger partial charge is 0.0641 e. The first-order valence-corrected chi connectivity index (χ1v) is 5.56. The minimum Gasteiger partial charge on any atom is -0.378 e. The fourth-order valence-electron chi connectivity index (χ4n) is 2.71. The Balaban J connectivity index is 1.99. The molecule has 0 aromatic carbocycles. The van der Waals surface area contributed by atoms with Gasteiger partial charge < -0.3 is 10.1 Å². The molecule has 2 saturated heterocycles. The van der Waals surface area contributed by atoms with Gasteiger partial charge in [0, 0.05) is 18.1 Å². The Bertz CT molecular complexity index is 149. The predicted molar refractivity (Wildman–Crippen MR) is 53.8 cm³/mol. The maximum absolute atomic E-state index is 5.79. The third-order valence-electron chi connectivity index (χ3n) is 3.72. The van der Waals surface area contributed by atoms with Crippen LogP contribution in [0.1, 0.15) is 39.5 Å². The van der Waals surface area contributed by atoms with Crippen LogP contribution in [-0.4, -0.2) is 25.3 Å². The van der Waals surface area contributed by atoms with Crippen molar-refractivity contribution in [1.82, 2.24) is 5.32 Å². The lowest BCUT2D eigenvalue weighted by Gasteiger charge is -2.36. The molecular weight excluding hydrogens is 162 g/mol. The van der Waals surface area contributed by atoms with E-state index in [0.717, 1.165) is 6.61 Å². The summed E-state index contributed by atoms with van der Waals surface area (Å²) in [5.41, 5.74) is 0.326. The van der Waals surface area contributed by atoms with Crippen LogP contribution in [0.15, 0.2) is 0 Å². The van der Waals surface area contributed by atoms with Crippen molar-refractivity contribution in [2.24, 2.45) is 5.41 Å². The normalized spacial score (nSPS) is 35.5. The Morgan fingerprint density at radius 3 is 2.62 bits per heavy atom. The largest absolute Gasteiger partial charge is 0.378 e. The van der Waals surface area contributed by atoms with Gasteiger partial charge in [-0.1, -0.05) is 13.8 Å². The molecule has 2 aliphatic rings. The summed E-state index contributed by atoms with van der Waals surface area (Å²) in [5, 5.41) is 3.59. The van der Waals surface area contributed by atoms with Crippen LogP contribution < -0.4 is 5.32 Å². The van der Waals surface area contributed by atoms with Gasteiger partial charge in [-0.05, 0) is 32.2 Å². The van der Waals surface area contributed by atoms with Crippen LogP contribution >= 0.6 is 0 Å². The van der Waals surface area contributed by atoms with Gasteiger partial charge in [-0.3, -0.25) is 0 Å². The third-order valence-corrected chi connectivity index (χ3v) is 3.72. The van der Waals surface area contributed by atoms with Crippen molar-refractivity contribution in [3.8, 4) is 0 Å². The van der Waals surface area contributed by atoms with E-state index in [4.69, 9.17) is 4.74 Å². The highest BCUT2D eigenvalue weighted by molar-refractivity contribution is 4.94. The molecule has 13 heavy (non-hydrogen) atoms. The summed E-state index contributed by atoms with van der Waals surface area (Å²) in [6.07, 6.45) is 5.66.